The summed E-state index contributed by atoms with van der Waals surface area (Å²) in [6.07, 6.45) is -3.47. The van der Waals surface area contributed by atoms with Gasteiger partial charge in [-0.05, 0) is 49.4 Å². The molecule has 1 saturated carbocycles. The van der Waals surface area contributed by atoms with Crippen LogP contribution in [0.5, 0.6) is 0 Å². The summed E-state index contributed by atoms with van der Waals surface area (Å²) in [7, 11) is 0. The van der Waals surface area contributed by atoms with Crippen molar-refractivity contribution in [2.24, 2.45) is 11.8 Å². The first-order chi connectivity index (χ1) is 12.6. The highest BCUT2D eigenvalue weighted by atomic mass is 19.4. The van der Waals surface area contributed by atoms with Gasteiger partial charge in [-0.3, -0.25) is 9.59 Å². The molecule has 3 unspecified atom stereocenters. The van der Waals surface area contributed by atoms with Crippen LogP contribution >= 0.6 is 0 Å². The maximum Gasteiger partial charge on any atom is 0.391 e. The van der Waals surface area contributed by atoms with Crippen LogP contribution in [0, 0.1) is 17.7 Å². The first-order valence-corrected chi connectivity index (χ1v) is 9.01. The number of nitrogens with one attached hydrogen (secondary N) is 2. The number of halogens is 4. The van der Waals surface area contributed by atoms with E-state index in [1.165, 1.54) is 12.1 Å². The van der Waals surface area contributed by atoms with Gasteiger partial charge in [-0.15, -0.1) is 0 Å². The predicted molar refractivity (Wildman–Crippen MR) is 92.4 cm³/mol. The Morgan fingerprint density at radius 3 is 2.30 bits per heavy atom. The molecular weight excluding hydrogens is 364 g/mol. The standard InChI is InChI=1S/C19H24F4N2O2/c1-11(2)16(25-17(26)12-6-8-14(20)9-7-12)18(27)24-15-5-3-4-13(10-15)19(21,22)23/h6-9,11,13,15-16H,3-5,10H2,1-2H3,(H,24,27)(H,25,26). The third kappa shape index (κ3) is 5.94. The zero-order valence-electron chi connectivity index (χ0n) is 15.3. The summed E-state index contributed by atoms with van der Waals surface area (Å²) in [5.41, 5.74) is 0.199. The van der Waals surface area contributed by atoms with Gasteiger partial charge in [0.2, 0.25) is 5.91 Å². The van der Waals surface area contributed by atoms with E-state index in [2.05, 4.69) is 10.6 Å². The second-order valence-electron chi connectivity index (χ2n) is 7.31. The van der Waals surface area contributed by atoms with Crippen molar-refractivity contribution in [3.63, 3.8) is 0 Å². The van der Waals surface area contributed by atoms with E-state index < -0.39 is 41.8 Å². The van der Waals surface area contributed by atoms with E-state index in [-0.39, 0.29) is 24.3 Å². The smallest absolute Gasteiger partial charge is 0.352 e. The molecular formula is C19H24F4N2O2. The van der Waals surface area contributed by atoms with Gasteiger partial charge < -0.3 is 10.6 Å². The maximum atomic E-state index is 13.0. The van der Waals surface area contributed by atoms with Crippen molar-refractivity contribution in [2.45, 2.75) is 57.8 Å². The topological polar surface area (TPSA) is 58.2 Å². The van der Waals surface area contributed by atoms with Gasteiger partial charge in [-0.25, -0.2) is 4.39 Å². The highest BCUT2D eigenvalue weighted by Crippen LogP contribution is 2.37. The van der Waals surface area contributed by atoms with Crippen molar-refractivity contribution in [1.82, 2.24) is 10.6 Å². The summed E-state index contributed by atoms with van der Waals surface area (Å²) in [4.78, 5) is 24.9. The monoisotopic (exact) mass is 388 g/mol. The summed E-state index contributed by atoms with van der Waals surface area (Å²) in [6.45, 7) is 3.46. The van der Waals surface area contributed by atoms with Gasteiger partial charge in [0.15, 0.2) is 0 Å². The zero-order valence-corrected chi connectivity index (χ0v) is 15.3. The van der Waals surface area contributed by atoms with E-state index in [1.54, 1.807) is 13.8 Å². The second-order valence-corrected chi connectivity index (χ2v) is 7.31. The van der Waals surface area contributed by atoms with Crippen LogP contribution in [0.4, 0.5) is 17.6 Å². The summed E-state index contributed by atoms with van der Waals surface area (Å²) < 4.78 is 51.8. The number of carbonyl (C=O) groups is 2. The number of rotatable bonds is 5. The molecule has 1 aromatic rings. The molecule has 1 aliphatic rings. The lowest BCUT2D eigenvalue weighted by Gasteiger charge is -2.32. The first kappa shape index (κ1) is 21.2. The van der Waals surface area contributed by atoms with Crippen molar-refractivity contribution in [1.29, 1.82) is 0 Å². The molecule has 0 bridgehead atoms. The minimum absolute atomic E-state index is 0.0742. The average molecular weight is 388 g/mol. The molecule has 150 valence electrons. The number of hydrogen-bond acceptors (Lipinski definition) is 2. The van der Waals surface area contributed by atoms with Crippen LogP contribution in [0.2, 0.25) is 0 Å². The Bertz CT molecular complexity index is 659. The van der Waals surface area contributed by atoms with Gasteiger partial charge in [-0.2, -0.15) is 13.2 Å². The van der Waals surface area contributed by atoms with E-state index in [0.29, 0.717) is 12.8 Å². The molecule has 4 nitrogen and oxygen atoms in total. The lowest BCUT2D eigenvalue weighted by atomic mass is 9.85. The Morgan fingerprint density at radius 1 is 1.11 bits per heavy atom. The summed E-state index contributed by atoms with van der Waals surface area (Å²) in [6, 6.07) is 3.41. The molecule has 1 fully saturated rings. The number of carbonyl (C=O) groups excluding carboxylic acids is 2. The van der Waals surface area contributed by atoms with Crippen LogP contribution in [0.1, 0.15) is 49.9 Å². The molecule has 27 heavy (non-hydrogen) atoms. The fourth-order valence-corrected chi connectivity index (χ4v) is 3.27. The highest BCUT2D eigenvalue weighted by Gasteiger charge is 2.42. The van der Waals surface area contributed by atoms with Crippen molar-refractivity contribution in [3.8, 4) is 0 Å². The minimum Gasteiger partial charge on any atom is -0.352 e. The van der Waals surface area contributed by atoms with Crippen LogP contribution in [0.3, 0.4) is 0 Å². The Morgan fingerprint density at radius 2 is 1.74 bits per heavy atom. The maximum absolute atomic E-state index is 13.0. The number of amides is 2. The molecule has 2 N–H and O–H groups in total. The van der Waals surface area contributed by atoms with E-state index in [9.17, 15) is 27.2 Å². The quantitative estimate of drug-likeness (QED) is 0.754. The molecule has 0 saturated heterocycles. The molecule has 0 aromatic heterocycles. The molecule has 3 atom stereocenters. The fraction of sp³-hybridized carbons (Fsp3) is 0.579. The molecule has 2 rings (SSSR count). The minimum atomic E-state index is -4.27. The molecule has 1 aliphatic carbocycles. The Balaban J connectivity index is 2.00. The average Bonchev–Trinajstić information content (AvgIpc) is 2.59. The van der Waals surface area contributed by atoms with Crippen LogP contribution < -0.4 is 10.6 Å². The molecule has 0 aliphatic heterocycles. The van der Waals surface area contributed by atoms with Crippen molar-refractivity contribution in [3.05, 3.63) is 35.6 Å². The third-order valence-electron chi connectivity index (χ3n) is 4.83. The number of alkyl halides is 3. The van der Waals surface area contributed by atoms with Gasteiger partial charge in [-0.1, -0.05) is 20.3 Å². The first-order valence-electron chi connectivity index (χ1n) is 9.01. The second kappa shape index (κ2) is 8.71. The largest absolute Gasteiger partial charge is 0.391 e. The van der Waals surface area contributed by atoms with Crippen LogP contribution in [0.25, 0.3) is 0 Å². The van der Waals surface area contributed by atoms with Crippen molar-refractivity contribution < 1.29 is 27.2 Å². The van der Waals surface area contributed by atoms with Gasteiger partial charge in [0.05, 0.1) is 5.92 Å². The van der Waals surface area contributed by atoms with E-state index in [1.807, 2.05) is 0 Å². The molecule has 1 aromatic carbocycles. The SMILES string of the molecule is CC(C)C(NC(=O)c1ccc(F)cc1)C(=O)NC1CCCC(C(F)(F)F)C1. The Labute approximate surface area is 155 Å². The zero-order chi connectivity index (χ0) is 20.2. The van der Waals surface area contributed by atoms with E-state index in [0.717, 1.165) is 12.1 Å². The van der Waals surface area contributed by atoms with Crippen LogP contribution in [0.15, 0.2) is 24.3 Å². The van der Waals surface area contributed by atoms with Gasteiger partial charge in [0.25, 0.3) is 5.91 Å². The summed E-state index contributed by atoms with van der Waals surface area (Å²) in [5.74, 6) is -3.21. The normalized spacial score (nSPS) is 21.6. The van der Waals surface area contributed by atoms with Crippen molar-refractivity contribution in [2.75, 3.05) is 0 Å². The van der Waals surface area contributed by atoms with Crippen LogP contribution in [-0.2, 0) is 4.79 Å². The molecule has 0 radical (unpaired) electrons. The molecule has 0 spiro atoms. The van der Waals surface area contributed by atoms with E-state index in [4.69, 9.17) is 0 Å². The van der Waals surface area contributed by atoms with Crippen LogP contribution in [-0.4, -0.2) is 30.1 Å². The lowest BCUT2D eigenvalue weighted by Crippen LogP contribution is -2.53. The van der Waals surface area contributed by atoms with E-state index >= 15 is 0 Å². The number of hydrogen-bond donors (Lipinski definition) is 2. The third-order valence-corrected chi connectivity index (χ3v) is 4.83. The van der Waals surface area contributed by atoms with Gasteiger partial charge >= 0.3 is 6.18 Å². The summed E-state index contributed by atoms with van der Waals surface area (Å²) in [5, 5.41) is 5.24. The lowest BCUT2D eigenvalue weighted by molar-refractivity contribution is -0.184. The molecule has 2 amide bonds. The van der Waals surface area contributed by atoms with Crippen molar-refractivity contribution >= 4 is 11.8 Å². The predicted octanol–water partition coefficient (Wildman–Crippen LogP) is 3.82. The Kier molecular flexibility index (Phi) is 6.84. The number of benzene rings is 1. The van der Waals surface area contributed by atoms with Gasteiger partial charge in [0, 0.05) is 11.6 Å². The Hall–Kier alpha value is -2.12. The van der Waals surface area contributed by atoms with Gasteiger partial charge in [0.1, 0.15) is 11.9 Å². The highest BCUT2D eigenvalue weighted by molar-refractivity contribution is 5.97. The fourth-order valence-electron chi connectivity index (χ4n) is 3.27. The molecule has 0 heterocycles. The summed E-state index contributed by atoms with van der Waals surface area (Å²) >= 11 is 0. The molecule has 8 heteroatoms.